The molecule has 5 aromatic heterocycles. The first kappa shape index (κ1) is 40.8. The highest BCUT2D eigenvalue weighted by atomic mass is 35.5. The average molecular weight is 891 g/mol. The molecule has 0 aliphatic heterocycles. The lowest BCUT2D eigenvalue weighted by Gasteiger charge is -2.27. The molecule has 0 saturated heterocycles. The Balaban J connectivity index is 1.27. The van der Waals surface area contributed by atoms with Crippen molar-refractivity contribution in [1.82, 2.24) is 29.7 Å². The summed E-state index contributed by atoms with van der Waals surface area (Å²) in [6.45, 7) is 14.5. The Kier molecular flexibility index (Phi) is 10.8. The lowest BCUT2D eigenvalue weighted by atomic mass is 10.0. The van der Waals surface area contributed by atoms with E-state index in [0.717, 1.165) is 70.4 Å². The second-order valence-corrected chi connectivity index (χ2v) is 18.1. The van der Waals surface area contributed by atoms with E-state index >= 15 is 0 Å². The van der Waals surface area contributed by atoms with Crippen molar-refractivity contribution in [1.29, 1.82) is 5.26 Å². The molecule has 1 N–H and O–H groups in total. The maximum atomic E-state index is 10.7. The molecule has 0 bridgehead atoms. The van der Waals surface area contributed by atoms with Crippen molar-refractivity contribution in [3.63, 3.8) is 0 Å². The van der Waals surface area contributed by atoms with Gasteiger partial charge in [0.05, 0.1) is 31.8 Å². The summed E-state index contributed by atoms with van der Waals surface area (Å²) in [5.74, 6) is 1.27. The number of nitrogens with zero attached hydrogens (tertiary/aromatic N) is 10. The fourth-order valence-corrected chi connectivity index (χ4v) is 9.98. The Hall–Kier alpha value is -6.56. The average Bonchev–Trinajstić information content (AvgIpc) is 3.95. The van der Waals surface area contributed by atoms with Gasteiger partial charge in [0.15, 0.2) is 16.8 Å². The number of nitrogens with one attached hydrogen (secondary N) is 1. The maximum Gasteiger partial charge on any atom is 0.213 e. The van der Waals surface area contributed by atoms with Gasteiger partial charge in [0.1, 0.15) is 28.8 Å². The summed E-state index contributed by atoms with van der Waals surface area (Å²) in [4.78, 5) is 22.0. The third-order valence-electron chi connectivity index (χ3n) is 10.4. The van der Waals surface area contributed by atoms with E-state index in [1.54, 1.807) is 34.3 Å². The summed E-state index contributed by atoms with van der Waals surface area (Å²) in [7, 11) is 0. The molecule has 62 heavy (non-hydrogen) atoms. The Labute approximate surface area is 376 Å². The van der Waals surface area contributed by atoms with E-state index in [1.165, 1.54) is 11.3 Å². The first-order valence-corrected chi connectivity index (χ1v) is 22.0. The van der Waals surface area contributed by atoms with Crippen LogP contribution < -0.4 is 10.2 Å². The summed E-state index contributed by atoms with van der Waals surface area (Å²) in [6, 6.07) is 29.7. The van der Waals surface area contributed by atoms with Crippen molar-refractivity contribution in [3.8, 4) is 22.6 Å². The predicted molar refractivity (Wildman–Crippen MR) is 254 cm³/mol. The standard InChI is InChI=1S/C47H37Cl2N11S2/c1-24-16-26(3)40(27(4)17-24)55-44-41(28(5)20-39(54-44)59(43-29(6)18-25(2)19-30(43)7)46-52-35-21-31(48)11-13-37(35)61-46)56-57-45-33(23-50)42(34-10-8-9-15-51-34)58-60(45)47-53-36-22-32(49)12-14-38(36)62-47/h8-22H,1-7H3,(H,54,55)/b57-56+. The summed E-state index contributed by atoms with van der Waals surface area (Å²) in [6.07, 6.45) is 1.66. The Bertz CT molecular complexity index is 3260. The number of benzene rings is 4. The van der Waals surface area contributed by atoms with E-state index in [9.17, 15) is 5.26 Å². The van der Waals surface area contributed by atoms with Gasteiger partial charge in [-0.15, -0.1) is 10.2 Å². The first-order chi connectivity index (χ1) is 29.8. The van der Waals surface area contributed by atoms with Crippen molar-refractivity contribution in [2.24, 2.45) is 10.2 Å². The minimum Gasteiger partial charge on any atom is -0.338 e. The van der Waals surface area contributed by atoms with E-state index < -0.39 is 0 Å². The lowest BCUT2D eigenvalue weighted by Crippen LogP contribution is -2.15. The van der Waals surface area contributed by atoms with E-state index in [4.69, 9.17) is 53.5 Å². The van der Waals surface area contributed by atoms with Crippen LogP contribution in [0, 0.1) is 59.8 Å². The monoisotopic (exact) mass is 889 g/mol. The molecule has 306 valence electrons. The minimum atomic E-state index is 0.191. The number of azo groups is 1. The summed E-state index contributed by atoms with van der Waals surface area (Å²) < 4.78 is 3.44. The molecule has 0 amide bonds. The zero-order valence-corrected chi connectivity index (χ0v) is 37.8. The molecule has 0 radical (unpaired) electrons. The minimum absolute atomic E-state index is 0.191. The van der Waals surface area contributed by atoms with E-state index in [2.05, 4.69) is 87.1 Å². The third-order valence-corrected chi connectivity index (χ3v) is 12.9. The number of hydrogen-bond donors (Lipinski definition) is 1. The van der Waals surface area contributed by atoms with Crippen LogP contribution in [-0.4, -0.2) is 29.7 Å². The van der Waals surface area contributed by atoms with Crippen LogP contribution in [0.3, 0.4) is 0 Å². The molecular weight excluding hydrogens is 854 g/mol. The van der Waals surface area contributed by atoms with E-state index in [-0.39, 0.29) is 11.4 Å². The zero-order valence-electron chi connectivity index (χ0n) is 34.7. The highest BCUT2D eigenvalue weighted by molar-refractivity contribution is 7.22. The molecule has 11 nitrogen and oxygen atoms in total. The molecule has 4 aromatic carbocycles. The number of nitriles is 1. The molecule has 0 spiro atoms. The van der Waals surface area contributed by atoms with E-state index in [0.29, 0.717) is 49.4 Å². The molecule has 0 saturated carbocycles. The largest absolute Gasteiger partial charge is 0.338 e. The number of halogens is 2. The van der Waals surface area contributed by atoms with Gasteiger partial charge in [0.2, 0.25) is 5.13 Å². The molecule has 15 heteroatoms. The third kappa shape index (κ3) is 7.67. The van der Waals surface area contributed by atoms with Crippen LogP contribution in [0.4, 0.5) is 39.6 Å². The highest BCUT2D eigenvalue weighted by Gasteiger charge is 2.27. The Morgan fingerprint density at radius 1 is 0.710 bits per heavy atom. The van der Waals surface area contributed by atoms with Gasteiger partial charge >= 0.3 is 0 Å². The SMILES string of the molecule is Cc1cc(C)c(Nc2nc(N(c3nc4cc(Cl)ccc4s3)c3c(C)cc(C)cc3C)cc(C)c2/N=N/c2c(C#N)c(-c3ccccn3)nn2-c2nc3cc(Cl)ccc3s2)c(C)c1. The quantitative estimate of drug-likeness (QED) is 0.142. The fourth-order valence-electron chi connectivity index (χ4n) is 7.79. The predicted octanol–water partition coefficient (Wildman–Crippen LogP) is 14.5. The summed E-state index contributed by atoms with van der Waals surface area (Å²) in [5, 5.41) is 31.4. The van der Waals surface area contributed by atoms with Gasteiger partial charge in [-0.2, -0.15) is 15.0 Å². The number of pyridine rings is 2. The van der Waals surface area contributed by atoms with Crippen LogP contribution in [-0.2, 0) is 0 Å². The number of aryl methyl sites for hydroxylation is 7. The van der Waals surface area contributed by atoms with Crippen LogP contribution in [0.1, 0.15) is 44.5 Å². The van der Waals surface area contributed by atoms with Gasteiger partial charge in [-0.25, -0.2) is 15.0 Å². The van der Waals surface area contributed by atoms with Crippen LogP contribution in [0.2, 0.25) is 10.0 Å². The molecule has 0 atom stereocenters. The normalized spacial score (nSPS) is 11.5. The molecule has 0 fully saturated rings. The fraction of sp³-hybridized carbons (Fsp3) is 0.149. The van der Waals surface area contributed by atoms with Gasteiger partial charge in [-0.1, -0.05) is 87.3 Å². The number of anilines is 5. The number of hydrogen-bond acceptors (Lipinski definition) is 12. The van der Waals surface area contributed by atoms with Gasteiger partial charge in [0.25, 0.3) is 0 Å². The van der Waals surface area contributed by atoms with Crippen LogP contribution in [0.5, 0.6) is 0 Å². The second kappa shape index (κ2) is 16.4. The first-order valence-electron chi connectivity index (χ1n) is 19.6. The van der Waals surface area contributed by atoms with Crippen molar-refractivity contribution in [2.45, 2.75) is 48.5 Å². The van der Waals surface area contributed by atoms with Crippen LogP contribution in [0.25, 0.3) is 37.0 Å². The van der Waals surface area contributed by atoms with Crippen molar-refractivity contribution < 1.29 is 0 Å². The maximum absolute atomic E-state index is 10.7. The van der Waals surface area contributed by atoms with Crippen molar-refractivity contribution in [2.75, 3.05) is 10.2 Å². The Morgan fingerprint density at radius 3 is 2.00 bits per heavy atom. The number of fused-ring (bicyclic) bond motifs is 2. The van der Waals surface area contributed by atoms with Gasteiger partial charge < -0.3 is 5.32 Å². The number of rotatable bonds is 9. The van der Waals surface area contributed by atoms with Gasteiger partial charge in [0, 0.05) is 21.9 Å². The molecule has 0 aliphatic carbocycles. The molecule has 0 unspecified atom stereocenters. The molecule has 0 aliphatic rings. The second-order valence-electron chi connectivity index (χ2n) is 15.2. The van der Waals surface area contributed by atoms with Crippen LogP contribution >= 0.6 is 45.9 Å². The lowest BCUT2D eigenvalue weighted by molar-refractivity contribution is 0.864. The van der Waals surface area contributed by atoms with Crippen LogP contribution in [0.15, 0.2) is 101 Å². The summed E-state index contributed by atoms with van der Waals surface area (Å²) in [5.41, 5.74) is 12.2. The smallest absolute Gasteiger partial charge is 0.213 e. The Morgan fingerprint density at radius 2 is 1.35 bits per heavy atom. The molecule has 9 aromatic rings. The van der Waals surface area contributed by atoms with Crippen molar-refractivity contribution >= 4 is 106 Å². The van der Waals surface area contributed by atoms with Gasteiger partial charge in [-0.05, 0) is 131 Å². The molecular formula is C47H37Cl2N11S2. The molecule has 5 heterocycles. The number of aromatic nitrogens is 6. The van der Waals surface area contributed by atoms with E-state index in [1.807, 2.05) is 55.5 Å². The van der Waals surface area contributed by atoms with Gasteiger partial charge in [-0.3, -0.25) is 9.88 Å². The molecule has 9 rings (SSSR count). The summed E-state index contributed by atoms with van der Waals surface area (Å²) >= 11 is 15.8. The van der Waals surface area contributed by atoms with Crippen molar-refractivity contribution in [3.05, 3.63) is 146 Å². The zero-order chi connectivity index (χ0) is 43.4. The topological polar surface area (TPSA) is 133 Å². The highest BCUT2D eigenvalue weighted by Crippen LogP contribution is 2.45. The number of thiazole rings is 2.